The minimum absolute atomic E-state index is 0.128. The van der Waals surface area contributed by atoms with Gasteiger partial charge < -0.3 is 15.1 Å². The second-order valence-corrected chi connectivity index (χ2v) is 8.90. The highest BCUT2D eigenvalue weighted by Crippen LogP contribution is 2.40. The minimum atomic E-state index is -4.41. The normalized spacial score (nSPS) is 19.9. The van der Waals surface area contributed by atoms with E-state index in [-0.39, 0.29) is 18.4 Å². The largest absolute Gasteiger partial charge is 0.416 e. The average molecular weight is 466 g/mol. The number of alkyl halides is 3. The SMILES string of the molecule is O=C(NCc1ccccc1)[C@H]1Cc2cc(C(F)(F)F)ccc2N2CCN(c3ccccc3)C[C@H]12. The number of carbonyl (C=O) groups excluding carboxylic acids is 1. The molecular formula is C27H26F3N3O. The number of rotatable bonds is 4. The quantitative estimate of drug-likeness (QED) is 0.596. The van der Waals surface area contributed by atoms with Gasteiger partial charge in [-0.15, -0.1) is 0 Å². The third kappa shape index (κ3) is 4.47. The summed E-state index contributed by atoms with van der Waals surface area (Å²) < 4.78 is 40.2. The Hall–Kier alpha value is -3.48. The Bertz CT molecular complexity index is 1150. The Morgan fingerprint density at radius 1 is 0.941 bits per heavy atom. The van der Waals surface area contributed by atoms with Gasteiger partial charge in [0.05, 0.1) is 17.5 Å². The molecule has 0 aliphatic carbocycles. The first-order valence-electron chi connectivity index (χ1n) is 11.5. The van der Waals surface area contributed by atoms with Gasteiger partial charge in [0, 0.05) is 37.6 Å². The van der Waals surface area contributed by atoms with Gasteiger partial charge >= 0.3 is 6.18 Å². The smallest absolute Gasteiger partial charge is 0.368 e. The van der Waals surface area contributed by atoms with Crippen LogP contribution in [0.4, 0.5) is 24.5 Å². The molecule has 0 saturated carbocycles. The predicted octanol–water partition coefficient (Wildman–Crippen LogP) is 4.89. The number of fused-ring (bicyclic) bond motifs is 3. The first-order chi connectivity index (χ1) is 16.4. The maximum atomic E-state index is 13.4. The number of hydrogen-bond donors (Lipinski definition) is 1. The van der Waals surface area contributed by atoms with Crippen molar-refractivity contribution in [3.8, 4) is 0 Å². The highest BCUT2D eigenvalue weighted by molar-refractivity contribution is 5.82. The summed E-state index contributed by atoms with van der Waals surface area (Å²) in [7, 11) is 0. The van der Waals surface area contributed by atoms with Crippen molar-refractivity contribution in [3.63, 3.8) is 0 Å². The van der Waals surface area contributed by atoms with Crippen molar-refractivity contribution in [2.24, 2.45) is 5.92 Å². The molecule has 34 heavy (non-hydrogen) atoms. The van der Waals surface area contributed by atoms with E-state index in [2.05, 4.69) is 15.1 Å². The van der Waals surface area contributed by atoms with E-state index in [0.29, 0.717) is 25.2 Å². The standard InChI is InChI=1S/C27H26F3N3O/c28-27(29,30)21-11-12-24-20(15-21)16-23(26(34)31-17-19-7-3-1-4-8-19)25-18-32(13-14-33(24)25)22-9-5-2-6-10-22/h1-12,15,23,25H,13-14,16-18H2,(H,31,34)/t23-,25+/m0/s1. The molecule has 2 atom stereocenters. The lowest BCUT2D eigenvalue weighted by atomic mass is 9.82. The molecule has 5 rings (SSSR count). The van der Waals surface area contributed by atoms with E-state index >= 15 is 0 Å². The molecule has 4 nitrogen and oxygen atoms in total. The lowest BCUT2D eigenvalue weighted by Gasteiger charge is -2.49. The molecule has 2 heterocycles. The van der Waals surface area contributed by atoms with Crippen LogP contribution in [0.15, 0.2) is 78.9 Å². The van der Waals surface area contributed by atoms with Crippen LogP contribution in [0.25, 0.3) is 0 Å². The molecule has 0 radical (unpaired) electrons. The molecule has 2 aliphatic rings. The summed E-state index contributed by atoms with van der Waals surface area (Å²) in [5, 5.41) is 3.03. The van der Waals surface area contributed by atoms with Crippen LogP contribution in [-0.4, -0.2) is 31.6 Å². The molecule has 0 spiro atoms. The summed E-state index contributed by atoms with van der Waals surface area (Å²) in [4.78, 5) is 17.8. The van der Waals surface area contributed by atoms with Crippen LogP contribution in [-0.2, 0) is 23.9 Å². The lowest BCUT2D eigenvalue weighted by Crippen LogP contribution is -2.61. The van der Waals surface area contributed by atoms with Crippen LogP contribution >= 0.6 is 0 Å². The minimum Gasteiger partial charge on any atom is -0.368 e. The van der Waals surface area contributed by atoms with E-state index in [1.807, 2.05) is 60.7 Å². The van der Waals surface area contributed by atoms with Crippen LogP contribution in [0.3, 0.4) is 0 Å². The summed E-state index contributed by atoms with van der Waals surface area (Å²) in [5.41, 5.74) is 2.79. The molecule has 0 bridgehead atoms. The molecule has 7 heteroatoms. The van der Waals surface area contributed by atoms with E-state index < -0.39 is 17.7 Å². The zero-order valence-electron chi connectivity index (χ0n) is 18.6. The van der Waals surface area contributed by atoms with Crippen molar-refractivity contribution in [2.45, 2.75) is 25.2 Å². The van der Waals surface area contributed by atoms with Crippen molar-refractivity contribution in [1.82, 2.24) is 5.32 Å². The monoisotopic (exact) mass is 465 g/mol. The fourth-order valence-electron chi connectivity index (χ4n) is 5.09. The number of benzene rings is 3. The van der Waals surface area contributed by atoms with Gasteiger partial charge in [-0.1, -0.05) is 48.5 Å². The summed E-state index contributed by atoms with van der Waals surface area (Å²) in [6.45, 7) is 2.40. The van der Waals surface area contributed by atoms with Gasteiger partial charge in [-0.2, -0.15) is 13.2 Å². The second kappa shape index (κ2) is 9.05. The summed E-state index contributed by atoms with van der Waals surface area (Å²) >= 11 is 0. The van der Waals surface area contributed by atoms with Gasteiger partial charge in [0.2, 0.25) is 5.91 Å². The Morgan fingerprint density at radius 3 is 2.35 bits per heavy atom. The van der Waals surface area contributed by atoms with Crippen LogP contribution in [0.1, 0.15) is 16.7 Å². The van der Waals surface area contributed by atoms with Crippen LogP contribution in [0.5, 0.6) is 0 Å². The van der Waals surface area contributed by atoms with Crippen LogP contribution in [0, 0.1) is 5.92 Å². The van der Waals surface area contributed by atoms with Gasteiger partial charge in [-0.3, -0.25) is 4.79 Å². The van der Waals surface area contributed by atoms with Gasteiger partial charge in [-0.25, -0.2) is 0 Å². The number of carbonyl (C=O) groups is 1. The summed E-state index contributed by atoms with van der Waals surface area (Å²) in [6, 6.07) is 23.5. The molecule has 0 unspecified atom stereocenters. The molecule has 1 fully saturated rings. The Labute approximate surface area is 197 Å². The number of para-hydroxylation sites is 1. The van der Waals surface area contributed by atoms with E-state index in [4.69, 9.17) is 0 Å². The summed E-state index contributed by atoms with van der Waals surface area (Å²) in [5.74, 6) is -0.581. The van der Waals surface area contributed by atoms with Crippen molar-refractivity contribution >= 4 is 17.3 Å². The van der Waals surface area contributed by atoms with Crippen molar-refractivity contribution in [2.75, 3.05) is 29.4 Å². The Morgan fingerprint density at radius 2 is 1.65 bits per heavy atom. The molecule has 0 aromatic heterocycles. The lowest BCUT2D eigenvalue weighted by molar-refractivity contribution is -0.137. The maximum Gasteiger partial charge on any atom is 0.416 e. The van der Waals surface area contributed by atoms with E-state index in [9.17, 15) is 18.0 Å². The van der Waals surface area contributed by atoms with Crippen molar-refractivity contribution in [1.29, 1.82) is 0 Å². The topological polar surface area (TPSA) is 35.6 Å². The number of amides is 1. The number of halogens is 3. The number of nitrogens with one attached hydrogen (secondary N) is 1. The fraction of sp³-hybridized carbons (Fsp3) is 0.296. The molecular weight excluding hydrogens is 439 g/mol. The highest BCUT2D eigenvalue weighted by atomic mass is 19.4. The molecule has 3 aromatic carbocycles. The number of hydrogen-bond acceptors (Lipinski definition) is 3. The van der Waals surface area contributed by atoms with Gasteiger partial charge in [0.1, 0.15) is 0 Å². The maximum absolute atomic E-state index is 13.4. The number of piperazine rings is 1. The molecule has 2 aliphatic heterocycles. The van der Waals surface area contributed by atoms with Crippen LogP contribution < -0.4 is 15.1 Å². The first kappa shape index (κ1) is 22.3. The zero-order chi connectivity index (χ0) is 23.7. The molecule has 1 N–H and O–H groups in total. The predicted molar refractivity (Wildman–Crippen MR) is 127 cm³/mol. The number of nitrogens with zero attached hydrogens (tertiary/aromatic N) is 2. The Kier molecular flexibility index (Phi) is 5.94. The van der Waals surface area contributed by atoms with Gasteiger partial charge in [-0.05, 0) is 47.9 Å². The fourth-order valence-corrected chi connectivity index (χ4v) is 5.09. The van der Waals surface area contributed by atoms with Gasteiger partial charge in [0.25, 0.3) is 0 Å². The average Bonchev–Trinajstić information content (AvgIpc) is 2.86. The number of anilines is 2. The third-order valence-electron chi connectivity index (χ3n) is 6.81. The van der Waals surface area contributed by atoms with Crippen molar-refractivity contribution in [3.05, 3.63) is 95.6 Å². The third-order valence-corrected chi connectivity index (χ3v) is 6.81. The van der Waals surface area contributed by atoms with Gasteiger partial charge in [0.15, 0.2) is 0 Å². The van der Waals surface area contributed by atoms with E-state index in [1.54, 1.807) is 6.07 Å². The highest BCUT2D eigenvalue weighted by Gasteiger charge is 2.42. The molecule has 176 valence electrons. The van der Waals surface area contributed by atoms with E-state index in [0.717, 1.165) is 29.5 Å². The zero-order valence-corrected chi connectivity index (χ0v) is 18.6. The van der Waals surface area contributed by atoms with E-state index in [1.165, 1.54) is 6.07 Å². The van der Waals surface area contributed by atoms with Crippen LogP contribution in [0.2, 0.25) is 0 Å². The van der Waals surface area contributed by atoms with Crippen molar-refractivity contribution < 1.29 is 18.0 Å². The molecule has 1 amide bonds. The molecule has 1 saturated heterocycles. The Balaban J connectivity index is 1.44. The molecule has 3 aromatic rings. The second-order valence-electron chi connectivity index (χ2n) is 8.90. The first-order valence-corrected chi connectivity index (χ1v) is 11.5. The summed E-state index contributed by atoms with van der Waals surface area (Å²) in [6.07, 6.45) is -4.13.